The Morgan fingerprint density at radius 1 is 1.00 bits per heavy atom. The molecule has 0 spiro atoms. The standard InChI is InChI=1S/C25H19ClN2O3S/c1-16-4-2-3-5-18(16)15-31-21-12-6-17(7-13-21)14-22-23(29)27-25(32)28(24(22)30)20-10-8-19(26)9-11-20/h2-14H,15H2,1H3,(H,27,29,32). The van der Waals surface area contributed by atoms with Crippen molar-refractivity contribution in [3.63, 3.8) is 0 Å². The predicted molar refractivity (Wildman–Crippen MR) is 130 cm³/mol. The molecule has 3 aromatic carbocycles. The van der Waals surface area contributed by atoms with Gasteiger partial charge in [0.25, 0.3) is 11.8 Å². The summed E-state index contributed by atoms with van der Waals surface area (Å²) in [5, 5.41) is 3.13. The zero-order valence-electron chi connectivity index (χ0n) is 17.2. The molecule has 160 valence electrons. The third-order valence-corrected chi connectivity index (χ3v) is 5.57. The summed E-state index contributed by atoms with van der Waals surface area (Å²) >= 11 is 11.1. The number of carbonyl (C=O) groups is 2. The highest BCUT2D eigenvalue weighted by Gasteiger charge is 2.34. The molecule has 4 rings (SSSR count). The Hall–Kier alpha value is -3.48. The Labute approximate surface area is 196 Å². The molecule has 0 aliphatic carbocycles. The van der Waals surface area contributed by atoms with Crippen LogP contribution in [0.2, 0.25) is 5.02 Å². The molecule has 0 bridgehead atoms. The average Bonchev–Trinajstić information content (AvgIpc) is 2.78. The van der Waals surface area contributed by atoms with E-state index in [0.717, 1.165) is 5.56 Å². The third-order valence-electron chi connectivity index (χ3n) is 5.03. The van der Waals surface area contributed by atoms with Gasteiger partial charge in [0.15, 0.2) is 5.11 Å². The molecule has 0 atom stereocenters. The van der Waals surface area contributed by atoms with Gasteiger partial charge in [-0.2, -0.15) is 0 Å². The number of amides is 2. The van der Waals surface area contributed by atoms with Crippen molar-refractivity contribution in [3.05, 3.63) is 100 Å². The Bertz CT molecular complexity index is 1220. The van der Waals surface area contributed by atoms with E-state index in [-0.39, 0.29) is 10.7 Å². The number of hydrogen-bond donors (Lipinski definition) is 1. The normalized spacial score (nSPS) is 15.1. The average molecular weight is 463 g/mol. The molecule has 3 aromatic rings. The molecule has 1 heterocycles. The van der Waals surface area contributed by atoms with E-state index in [1.165, 1.54) is 16.5 Å². The number of nitrogens with zero attached hydrogens (tertiary/aromatic N) is 1. The molecule has 7 heteroatoms. The molecule has 32 heavy (non-hydrogen) atoms. The number of halogens is 1. The fraction of sp³-hybridized carbons (Fsp3) is 0.0800. The van der Waals surface area contributed by atoms with Gasteiger partial charge in [-0.15, -0.1) is 0 Å². The molecule has 0 radical (unpaired) electrons. The summed E-state index contributed by atoms with van der Waals surface area (Å²) < 4.78 is 5.86. The van der Waals surface area contributed by atoms with Crippen LogP contribution in [0, 0.1) is 6.92 Å². The molecule has 5 nitrogen and oxygen atoms in total. The lowest BCUT2D eigenvalue weighted by molar-refractivity contribution is -0.122. The molecule has 0 unspecified atom stereocenters. The van der Waals surface area contributed by atoms with Crippen LogP contribution in [0.15, 0.2) is 78.4 Å². The molecule has 1 saturated heterocycles. The summed E-state index contributed by atoms with van der Waals surface area (Å²) in [6.07, 6.45) is 1.54. The first kappa shape index (κ1) is 21.7. The minimum atomic E-state index is -0.537. The number of carbonyl (C=O) groups excluding carboxylic acids is 2. The van der Waals surface area contributed by atoms with Crippen molar-refractivity contribution in [1.29, 1.82) is 0 Å². The van der Waals surface area contributed by atoms with Crippen molar-refractivity contribution in [2.45, 2.75) is 13.5 Å². The van der Waals surface area contributed by atoms with Crippen molar-refractivity contribution in [3.8, 4) is 5.75 Å². The number of hydrogen-bond acceptors (Lipinski definition) is 4. The molecule has 1 aliphatic rings. The fourth-order valence-electron chi connectivity index (χ4n) is 3.24. The second-order valence-corrected chi connectivity index (χ2v) is 8.04. The third kappa shape index (κ3) is 4.72. The van der Waals surface area contributed by atoms with E-state index < -0.39 is 11.8 Å². The van der Waals surface area contributed by atoms with E-state index in [9.17, 15) is 9.59 Å². The van der Waals surface area contributed by atoms with Crippen LogP contribution in [-0.2, 0) is 16.2 Å². The van der Waals surface area contributed by atoms with Crippen LogP contribution in [0.4, 0.5) is 5.69 Å². The van der Waals surface area contributed by atoms with Crippen molar-refractivity contribution >= 4 is 52.5 Å². The maximum atomic E-state index is 13.0. The summed E-state index contributed by atoms with van der Waals surface area (Å²) in [6, 6.07) is 21.9. The Kier molecular flexibility index (Phi) is 6.35. The molecule has 0 aromatic heterocycles. The highest BCUT2D eigenvalue weighted by molar-refractivity contribution is 7.80. The number of nitrogens with one attached hydrogen (secondary N) is 1. The van der Waals surface area contributed by atoms with Gasteiger partial charge in [0, 0.05) is 5.02 Å². The maximum absolute atomic E-state index is 13.0. The molecule has 1 N–H and O–H groups in total. The van der Waals surface area contributed by atoms with Gasteiger partial charge in [-0.25, -0.2) is 0 Å². The van der Waals surface area contributed by atoms with Gasteiger partial charge in [-0.1, -0.05) is 48.0 Å². The van der Waals surface area contributed by atoms with Crippen LogP contribution in [0.5, 0.6) is 5.75 Å². The fourth-order valence-corrected chi connectivity index (χ4v) is 3.65. The number of thiocarbonyl (C=S) groups is 1. The van der Waals surface area contributed by atoms with Crippen molar-refractivity contribution < 1.29 is 14.3 Å². The summed E-state index contributed by atoms with van der Waals surface area (Å²) in [6.45, 7) is 2.50. The quantitative estimate of drug-likeness (QED) is 0.327. The van der Waals surface area contributed by atoms with Crippen molar-refractivity contribution in [2.75, 3.05) is 4.90 Å². The summed E-state index contributed by atoms with van der Waals surface area (Å²) in [4.78, 5) is 26.8. The van der Waals surface area contributed by atoms with E-state index in [1.54, 1.807) is 48.5 Å². The second-order valence-electron chi connectivity index (χ2n) is 7.22. The number of anilines is 1. The van der Waals surface area contributed by atoms with E-state index >= 15 is 0 Å². The Balaban J connectivity index is 1.52. The molecule has 1 aliphatic heterocycles. The van der Waals surface area contributed by atoms with E-state index in [4.69, 9.17) is 28.6 Å². The van der Waals surface area contributed by atoms with Gasteiger partial charge in [0.1, 0.15) is 17.9 Å². The van der Waals surface area contributed by atoms with Gasteiger partial charge < -0.3 is 4.74 Å². The van der Waals surface area contributed by atoms with Gasteiger partial charge in [-0.3, -0.25) is 19.8 Å². The van der Waals surface area contributed by atoms with Crippen LogP contribution < -0.4 is 15.0 Å². The number of ether oxygens (including phenoxy) is 1. The van der Waals surface area contributed by atoms with Gasteiger partial charge in [-0.05, 0) is 78.3 Å². The topological polar surface area (TPSA) is 58.6 Å². The summed E-state index contributed by atoms with van der Waals surface area (Å²) in [5.41, 5.74) is 3.48. The van der Waals surface area contributed by atoms with E-state index in [2.05, 4.69) is 5.32 Å². The molecule has 1 fully saturated rings. The number of rotatable bonds is 5. The Morgan fingerprint density at radius 2 is 1.69 bits per heavy atom. The zero-order chi connectivity index (χ0) is 22.7. The molecule has 2 amide bonds. The van der Waals surface area contributed by atoms with Crippen molar-refractivity contribution in [2.24, 2.45) is 0 Å². The monoisotopic (exact) mass is 462 g/mol. The molecule has 0 saturated carbocycles. The highest BCUT2D eigenvalue weighted by atomic mass is 35.5. The van der Waals surface area contributed by atoms with Gasteiger partial charge in [0.05, 0.1) is 5.69 Å². The van der Waals surface area contributed by atoms with E-state index in [0.29, 0.717) is 28.6 Å². The van der Waals surface area contributed by atoms with Crippen LogP contribution in [0.25, 0.3) is 6.08 Å². The van der Waals surface area contributed by atoms with Gasteiger partial charge in [0.2, 0.25) is 0 Å². The van der Waals surface area contributed by atoms with Crippen LogP contribution in [-0.4, -0.2) is 16.9 Å². The maximum Gasteiger partial charge on any atom is 0.270 e. The largest absolute Gasteiger partial charge is 0.489 e. The number of aryl methyl sites for hydroxylation is 1. The zero-order valence-corrected chi connectivity index (χ0v) is 18.7. The smallest absolute Gasteiger partial charge is 0.270 e. The first-order valence-electron chi connectivity index (χ1n) is 9.87. The lowest BCUT2D eigenvalue weighted by Crippen LogP contribution is -2.54. The lowest BCUT2D eigenvalue weighted by Gasteiger charge is -2.28. The molecular formula is C25H19ClN2O3S. The Morgan fingerprint density at radius 3 is 2.38 bits per heavy atom. The second kappa shape index (κ2) is 9.34. The lowest BCUT2D eigenvalue weighted by atomic mass is 10.1. The summed E-state index contributed by atoms with van der Waals surface area (Å²) in [5.74, 6) is -0.343. The van der Waals surface area contributed by atoms with Gasteiger partial charge >= 0.3 is 0 Å². The SMILES string of the molecule is Cc1ccccc1COc1ccc(C=C2C(=O)NC(=S)N(c3ccc(Cl)cc3)C2=O)cc1. The number of benzene rings is 3. The molecular weight excluding hydrogens is 444 g/mol. The minimum absolute atomic E-state index is 0.0119. The van der Waals surface area contributed by atoms with Crippen molar-refractivity contribution in [1.82, 2.24) is 5.32 Å². The highest BCUT2D eigenvalue weighted by Crippen LogP contribution is 2.24. The van der Waals surface area contributed by atoms with Crippen LogP contribution >= 0.6 is 23.8 Å². The summed E-state index contributed by atoms with van der Waals surface area (Å²) in [7, 11) is 0. The van der Waals surface area contributed by atoms with Crippen LogP contribution in [0.3, 0.4) is 0 Å². The minimum Gasteiger partial charge on any atom is -0.489 e. The van der Waals surface area contributed by atoms with Crippen LogP contribution in [0.1, 0.15) is 16.7 Å². The predicted octanol–water partition coefficient (Wildman–Crippen LogP) is 5.06. The van der Waals surface area contributed by atoms with E-state index in [1.807, 2.05) is 31.2 Å². The first-order chi connectivity index (χ1) is 15.4. The first-order valence-corrected chi connectivity index (χ1v) is 10.7.